The summed E-state index contributed by atoms with van der Waals surface area (Å²) in [5.41, 5.74) is 0. The average Bonchev–Trinajstić information content (AvgIpc) is 2.68. The smallest absolute Gasteiger partial charge is 0.459 e. The van der Waals surface area contributed by atoms with E-state index >= 15 is 0 Å². The van der Waals surface area contributed by atoms with Crippen LogP contribution in [-0.4, -0.2) is 72.0 Å². The molecule has 0 aromatic rings. The van der Waals surface area contributed by atoms with Crippen LogP contribution in [0.25, 0.3) is 0 Å². The number of rotatable bonds is 12. The van der Waals surface area contributed by atoms with E-state index in [2.05, 4.69) is 9.47 Å². The maximum atomic E-state index is 13.5. The monoisotopic (exact) mass is 636 g/mol. The lowest BCUT2D eigenvalue weighted by Gasteiger charge is -2.34. The Morgan fingerprint density at radius 2 is 0.725 bits per heavy atom. The van der Waals surface area contributed by atoms with E-state index in [1.54, 1.807) is 0 Å². The third-order valence-electron chi connectivity index (χ3n) is 4.50. The van der Waals surface area contributed by atoms with Gasteiger partial charge in [0.05, 0.1) is 12.8 Å². The Balaban J connectivity index is 5.27. The molecule has 0 aromatic heterocycles. The SMILES string of the molecule is CC(CC(F)(F)C(F)(F)C(F)(F)C(F)(F)F)OC(=O)/C=C/C(=O)OC(C)CC(F)(F)C(F)(F)C(F)(F)C(F)(F)F. The first kappa shape index (κ1) is 37.4. The van der Waals surface area contributed by atoms with Crippen molar-refractivity contribution in [1.82, 2.24) is 0 Å². The molecule has 0 bridgehead atoms. The predicted octanol–water partition coefficient (Wildman–Crippen LogP) is 7.12. The number of alkyl halides is 18. The second-order valence-corrected chi connectivity index (χ2v) is 7.94. The van der Waals surface area contributed by atoms with Crippen molar-refractivity contribution < 1.29 is 98.1 Å². The molecule has 0 aliphatic heterocycles. The zero-order valence-corrected chi connectivity index (χ0v) is 19.2. The predicted molar refractivity (Wildman–Crippen MR) is 91.3 cm³/mol. The fraction of sp³-hybridized carbons (Fsp3) is 0.778. The van der Waals surface area contributed by atoms with Gasteiger partial charge in [-0.25, -0.2) is 9.59 Å². The molecule has 0 aromatic carbocycles. The van der Waals surface area contributed by atoms with E-state index < -0.39 is 84.9 Å². The lowest BCUT2D eigenvalue weighted by atomic mass is 9.99. The number of hydrogen-bond donors (Lipinski definition) is 0. The van der Waals surface area contributed by atoms with Crippen molar-refractivity contribution in [2.24, 2.45) is 0 Å². The fourth-order valence-corrected chi connectivity index (χ4v) is 2.49. The quantitative estimate of drug-likeness (QED) is 0.130. The Kier molecular flexibility index (Phi) is 10.6. The van der Waals surface area contributed by atoms with Crippen molar-refractivity contribution in [1.29, 1.82) is 0 Å². The fourth-order valence-electron chi connectivity index (χ4n) is 2.49. The maximum Gasteiger partial charge on any atom is 0.460 e. The summed E-state index contributed by atoms with van der Waals surface area (Å²) >= 11 is 0. The van der Waals surface area contributed by atoms with Crippen LogP contribution in [0.1, 0.15) is 26.7 Å². The van der Waals surface area contributed by atoms with Gasteiger partial charge in [0.2, 0.25) is 0 Å². The molecule has 2 unspecified atom stereocenters. The highest BCUT2D eigenvalue weighted by Crippen LogP contribution is 2.55. The Hall–Kier alpha value is -2.58. The zero-order chi connectivity index (χ0) is 32.6. The first-order valence-corrected chi connectivity index (χ1v) is 9.78. The zero-order valence-electron chi connectivity index (χ0n) is 19.2. The summed E-state index contributed by atoms with van der Waals surface area (Å²) in [4.78, 5) is 22.8. The molecule has 236 valence electrons. The van der Waals surface area contributed by atoms with E-state index in [9.17, 15) is 88.6 Å². The van der Waals surface area contributed by atoms with Gasteiger partial charge in [-0.05, 0) is 13.8 Å². The molecule has 2 atom stereocenters. The second-order valence-electron chi connectivity index (χ2n) is 7.94. The van der Waals surface area contributed by atoms with Crippen LogP contribution < -0.4 is 0 Å². The average molecular weight is 636 g/mol. The number of esters is 2. The van der Waals surface area contributed by atoms with Crippen LogP contribution in [0, 0.1) is 0 Å². The summed E-state index contributed by atoms with van der Waals surface area (Å²) in [5.74, 6) is -44.9. The Labute approximate surface area is 210 Å². The number of carbonyl (C=O) groups excluding carboxylic acids is 2. The van der Waals surface area contributed by atoms with E-state index in [-0.39, 0.29) is 12.2 Å². The molecular formula is C18H14F18O4. The highest BCUT2D eigenvalue weighted by molar-refractivity contribution is 5.91. The van der Waals surface area contributed by atoms with Crippen molar-refractivity contribution in [2.75, 3.05) is 0 Å². The largest absolute Gasteiger partial charge is 0.460 e. The topological polar surface area (TPSA) is 52.6 Å². The number of halogens is 18. The van der Waals surface area contributed by atoms with E-state index in [1.165, 1.54) is 0 Å². The van der Waals surface area contributed by atoms with Gasteiger partial charge in [0.25, 0.3) is 0 Å². The molecular weight excluding hydrogens is 622 g/mol. The molecule has 0 aliphatic carbocycles. The van der Waals surface area contributed by atoms with Gasteiger partial charge < -0.3 is 9.47 Å². The van der Waals surface area contributed by atoms with Crippen molar-refractivity contribution in [3.63, 3.8) is 0 Å². The summed E-state index contributed by atoms with van der Waals surface area (Å²) in [6.45, 7) is 0.585. The minimum absolute atomic E-state index is 0.170. The van der Waals surface area contributed by atoms with Gasteiger partial charge in [0.1, 0.15) is 12.2 Å². The van der Waals surface area contributed by atoms with Gasteiger partial charge in [0.15, 0.2) is 0 Å². The van der Waals surface area contributed by atoms with Crippen molar-refractivity contribution in [3.8, 4) is 0 Å². The van der Waals surface area contributed by atoms with Gasteiger partial charge in [0, 0.05) is 12.2 Å². The molecule has 0 amide bonds. The molecule has 0 saturated heterocycles. The summed E-state index contributed by atoms with van der Waals surface area (Å²) in [6, 6.07) is 0. The Bertz CT molecular complexity index is 860. The van der Waals surface area contributed by atoms with E-state index in [4.69, 9.17) is 0 Å². The highest BCUT2D eigenvalue weighted by Gasteiger charge is 2.82. The van der Waals surface area contributed by atoms with Crippen LogP contribution in [0.5, 0.6) is 0 Å². The minimum atomic E-state index is -7.24. The molecule has 4 nitrogen and oxygen atoms in total. The lowest BCUT2D eigenvalue weighted by Crippen LogP contribution is -2.61. The number of carbonyl (C=O) groups is 2. The second kappa shape index (κ2) is 11.4. The molecule has 0 N–H and O–H groups in total. The molecule has 0 radical (unpaired) electrons. The van der Waals surface area contributed by atoms with Crippen LogP contribution in [0.3, 0.4) is 0 Å². The van der Waals surface area contributed by atoms with Gasteiger partial charge in [-0.15, -0.1) is 0 Å². The first-order chi connectivity index (χ1) is 17.3. The normalized spacial score (nSPS) is 16.6. The molecule has 0 heterocycles. The van der Waals surface area contributed by atoms with Crippen molar-refractivity contribution in [3.05, 3.63) is 12.2 Å². The standard InChI is InChI=1S/C18H14F18O4/c1-7(5-11(19,20)13(23,24)15(27,28)17(31,32)33)39-9(37)3-4-10(38)40-8(2)6-12(21,22)14(25,26)16(29,30)18(34,35)36/h3-4,7-8H,5-6H2,1-2H3/b4-3+. The summed E-state index contributed by atoms with van der Waals surface area (Å²) in [6.07, 6.45) is -25.0. The van der Waals surface area contributed by atoms with Crippen LogP contribution in [0.4, 0.5) is 79.0 Å². The van der Waals surface area contributed by atoms with Gasteiger partial charge in [-0.3, -0.25) is 0 Å². The molecule has 0 aliphatic rings. The van der Waals surface area contributed by atoms with Crippen molar-refractivity contribution >= 4 is 11.9 Å². The summed E-state index contributed by atoms with van der Waals surface area (Å²) < 4.78 is 238. The van der Waals surface area contributed by atoms with Gasteiger partial charge in [-0.1, -0.05) is 0 Å². The van der Waals surface area contributed by atoms with Crippen LogP contribution in [0.15, 0.2) is 12.2 Å². The first-order valence-electron chi connectivity index (χ1n) is 9.78. The molecule has 0 saturated carbocycles. The third-order valence-corrected chi connectivity index (χ3v) is 4.50. The van der Waals surface area contributed by atoms with Crippen LogP contribution in [-0.2, 0) is 19.1 Å². The summed E-state index contributed by atoms with van der Waals surface area (Å²) in [5, 5.41) is 0. The maximum absolute atomic E-state index is 13.5. The highest BCUT2D eigenvalue weighted by atomic mass is 19.4. The van der Waals surface area contributed by atoms with Crippen LogP contribution >= 0.6 is 0 Å². The number of hydrogen-bond acceptors (Lipinski definition) is 4. The Morgan fingerprint density at radius 1 is 0.500 bits per heavy atom. The minimum Gasteiger partial charge on any atom is -0.459 e. The summed E-state index contributed by atoms with van der Waals surface area (Å²) in [7, 11) is 0. The molecule has 0 rings (SSSR count). The lowest BCUT2D eigenvalue weighted by molar-refractivity contribution is -0.398. The van der Waals surface area contributed by atoms with Gasteiger partial charge in [-0.2, -0.15) is 79.0 Å². The molecule has 0 fully saturated rings. The van der Waals surface area contributed by atoms with Crippen molar-refractivity contribution in [2.45, 2.75) is 86.8 Å². The molecule has 40 heavy (non-hydrogen) atoms. The van der Waals surface area contributed by atoms with Crippen LogP contribution in [0.2, 0.25) is 0 Å². The van der Waals surface area contributed by atoms with E-state index in [0.717, 1.165) is 0 Å². The molecule has 22 heteroatoms. The Morgan fingerprint density at radius 3 is 0.925 bits per heavy atom. The third kappa shape index (κ3) is 7.58. The number of ether oxygens (including phenoxy) is 2. The van der Waals surface area contributed by atoms with E-state index in [1.807, 2.05) is 0 Å². The van der Waals surface area contributed by atoms with E-state index in [0.29, 0.717) is 13.8 Å². The van der Waals surface area contributed by atoms with Gasteiger partial charge >= 0.3 is 59.8 Å². The molecule has 0 spiro atoms.